The molecule has 1 heterocycles. The highest BCUT2D eigenvalue weighted by molar-refractivity contribution is 5.24. The zero-order chi connectivity index (χ0) is 10.6. The molecule has 1 aromatic rings. The van der Waals surface area contributed by atoms with Crippen molar-refractivity contribution < 1.29 is 0 Å². The number of rotatable bonds is 4. The first-order valence-corrected chi connectivity index (χ1v) is 4.68. The quantitative estimate of drug-likeness (QED) is 0.445. The van der Waals surface area contributed by atoms with Gasteiger partial charge in [0, 0.05) is 16.2 Å². The van der Waals surface area contributed by atoms with E-state index in [4.69, 9.17) is 5.53 Å². The molecule has 5 heteroatoms. The molecular weight excluding hydrogens is 178 g/mol. The molecule has 14 heavy (non-hydrogen) atoms. The Morgan fingerprint density at radius 2 is 2.29 bits per heavy atom. The number of H-pyrrole nitrogens is 1. The smallest absolute Gasteiger partial charge is 0.0660 e. The molecule has 0 spiro atoms. The molecule has 0 bridgehead atoms. The molecule has 0 aromatic carbocycles. The molecular formula is C9H15N5. The Kier molecular flexibility index (Phi) is 3.54. The molecule has 5 nitrogen and oxygen atoms in total. The van der Waals surface area contributed by atoms with Gasteiger partial charge in [0.25, 0.3) is 0 Å². The molecule has 1 rings (SSSR count). The minimum absolute atomic E-state index is 0.390. The van der Waals surface area contributed by atoms with E-state index in [1.807, 2.05) is 6.92 Å². The molecule has 0 saturated heterocycles. The van der Waals surface area contributed by atoms with Crippen molar-refractivity contribution in [1.29, 1.82) is 0 Å². The van der Waals surface area contributed by atoms with Crippen molar-refractivity contribution in [2.24, 2.45) is 11.0 Å². The van der Waals surface area contributed by atoms with E-state index in [1.165, 1.54) is 0 Å². The van der Waals surface area contributed by atoms with Crippen molar-refractivity contribution in [3.05, 3.63) is 27.4 Å². The van der Waals surface area contributed by atoms with E-state index >= 15 is 0 Å². The molecule has 1 N–H and O–H groups in total. The van der Waals surface area contributed by atoms with E-state index in [9.17, 15) is 0 Å². The fourth-order valence-electron chi connectivity index (χ4n) is 1.37. The average Bonchev–Trinajstić information content (AvgIpc) is 2.44. The van der Waals surface area contributed by atoms with E-state index in [0.29, 0.717) is 12.5 Å². The second-order valence-electron chi connectivity index (χ2n) is 3.76. The monoisotopic (exact) mass is 193 g/mol. The lowest BCUT2D eigenvalue weighted by Gasteiger charge is -2.03. The van der Waals surface area contributed by atoms with Gasteiger partial charge in [-0.1, -0.05) is 19.0 Å². The summed E-state index contributed by atoms with van der Waals surface area (Å²) in [5.74, 6) is 0.558. The normalized spacial score (nSPS) is 10.3. The lowest BCUT2D eigenvalue weighted by Crippen LogP contribution is -1.98. The summed E-state index contributed by atoms with van der Waals surface area (Å²) in [4.78, 5) is 2.76. The summed E-state index contributed by atoms with van der Waals surface area (Å²) in [6.45, 7) is 6.61. The van der Waals surface area contributed by atoms with Gasteiger partial charge in [-0.3, -0.25) is 5.10 Å². The summed E-state index contributed by atoms with van der Waals surface area (Å²) < 4.78 is 0. The molecule has 0 unspecified atom stereocenters. The van der Waals surface area contributed by atoms with Gasteiger partial charge in [0.05, 0.1) is 12.2 Å². The van der Waals surface area contributed by atoms with Crippen LogP contribution in [0.1, 0.15) is 30.8 Å². The SMILES string of the molecule is Cc1[nH]nc(CC(C)C)c1CN=[N+]=[N-]. The maximum Gasteiger partial charge on any atom is 0.0660 e. The maximum atomic E-state index is 8.26. The number of aromatic amines is 1. The Morgan fingerprint density at radius 3 is 2.86 bits per heavy atom. The minimum atomic E-state index is 0.390. The van der Waals surface area contributed by atoms with Crippen LogP contribution >= 0.6 is 0 Å². The molecule has 0 aliphatic heterocycles. The lowest BCUT2D eigenvalue weighted by molar-refractivity contribution is 0.629. The van der Waals surface area contributed by atoms with E-state index < -0.39 is 0 Å². The van der Waals surface area contributed by atoms with E-state index in [-0.39, 0.29) is 0 Å². The molecule has 0 aliphatic rings. The van der Waals surface area contributed by atoms with Crippen molar-refractivity contribution >= 4 is 0 Å². The van der Waals surface area contributed by atoms with Crippen LogP contribution in [0.5, 0.6) is 0 Å². The van der Waals surface area contributed by atoms with Crippen LogP contribution in [0.25, 0.3) is 10.4 Å². The molecule has 0 amide bonds. The van der Waals surface area contributed by atoms with Crippen molar-refractivity contribution in [3.63, 3.8) is 0 Å². The molecule has 0 aliphatic carbocycles. The zero-order valence-electron chi connectivity index (χ0n) is 8.78. The van der Waals surface area contributed by atoms with Crippen molar-refractivity contribution in [1.82, 2.24) is 10.2 Å². The van der Waals surface area contributed by atoms with Crippen LogP contribution in [0.15, 0.2) is 5.11 Å². The van der Waals surface area contributed by atoms with Crippen molar-refractivity contribution in [2.45, 2.75) is 33.7 Å². The van der Waals surface area contributed by atoms with Gasteiger partial charge in [-0.25, -0.2) is 0 Å². The van der Waals surface area contributed by atoms with Crippen LogP contribution < -0.4 is 0 Å². The summed E-state index contributed by atoms with van der Waals surface area (Å²) in [6.07, 6.45) is 0.917. The van der Waals surface area contributed by atoms with Gasteiger partial charge in [0.15, 0.2) is 0 Å². The predicted molar refractivity (Wildman–Crippen MR) is 54.7 cm³/mol. The third-order valence-corrected chi connectivity index (χ3v) is 2.05. The predicted octanol–water partition coefficient (Wildman–Crippen LogP) is 2.73. The number of nitrogens with zero attached hydrogens (tertiary/aromatic N) is 4. The van der Waals surface area contributed by atoms with Crippen LogP contribution in [0.3, 0.4) is 0 Å². The Hall–Kier alpha value is -1.48. The molecule has 0 atom stereocenters. The Bertz CT molecular complexity index is 346. The van der Waals surface area contributed by atoms with Gasteiger partial charge in [-0.05, 0) is 24.8 Å². The highest BCUT2D eigenvalue weighted by Crippen LogP contribution is 2.15. The highest BCUT2D eigenvalue weighted by Gasteiger charge is 2.10. The molecule has 1 aromatic heterocycles. The van der Waals surface area contributed by atoms with Gasteiger partial charge < -0.3 is 0 Å². The first kappa shape index (κ1) is 10.6. The lowest BCUT2D eigenvalue weighted by atomic mass is 10.0. The summed E-state index contributed by atoms with van der Waals surface area (Å²) in [6, 6.07) is 0. The van der Waals surface area contributed by atoms with Gasteiger partial charge in [-0.2, -0.15) is 5.10 Å². The fourth-order valence-corrected chi connectivity index (χ4v) is 1.37. The maximum absolute atomic E-state index is 8.26. The average molecular weight is 193 g/mol. The number of nitrogens with one attached hydrogen (secondary N) is 1. The first-order chi connectivity index (χ1) is 6.65. The Labute approximate surface area is 83.2 Å². The molecule has 0 radical (unpaired) electrons. The number of hydrogen-bond acceptors (Lipinski definition) is 2. The van der Waals surface area contributed by atoms with Gasteiger partial charge in [-0.15, -0.1) is 0 Å². The highest BCUT2D eigenvalue weighted by atomic mass is 15.2. The Balaban J connectivity index is 2.87. The van der Waals surface area contributed by atoms with Crippen LogP contribution in [-0.2, 0) is 13.0 Å². The number of hydrogen-bond donors (Lipinski definition) is 1. The summed E-state index contributed by atoms with van der Waals surface area (Å²) in [5, 5.41) is 10.7. The van der Waals surface area contributed by atoms with E-state index in [0.717, 1.165) is 23.4 Å². The largest absolute Gasteiger partial charge is 0.282 e. The van der Waals surface area contributed by atoms with E-state index in [1.54, 1.807) is 0 Å². The molecule has 0 fully saturated rings. The van der Waals surface area contributed by atoms with Crippen LogP contribution in [0, 0.1) is 12.8 Å². The Morgan fingerprint density at radius 1 is 1.57 bits per heavy atom. The summed E-state index contributed by atoms with van der Waals surface area (Å²) in [7, 11) is 0. The van der Waals surface area contributed by atoms with Crippen molar-refractivity contribution in [3.8, 4) is 0 Å². The van der Waals surface area contributed by atoms with Crippen molar-refractivity contribution in [2.75, 3.05) is 0 Å². The van der Waals surface area contributed by atoms with Crippen LogP contribution in [-0.4, -0.2) is 10.2 Å². The molecule has 0 saturated carbocycles. The standard InChI is InChI=1S/C9H15N5/c1-6(2)4-9-8(5-11-14-10)7(3)12-13-9/h6H,4-5H2,1-3H3,(H,12,13). The summed E-state index contributed by atoms with van der Waals surface area (Å²) in [5.41, 5.74) is 11.3. The van der Waals surface area contributed by atoms with Crippen LogP contribution in [0.2, 0.25) is 0 Å². The number of azide groups is 1. The van der Waals surface area contributed by atoms with Gasteiger partial charge in [0.2, 0.25) is 0 Å². The minimum Gasteiger partial charge on any atom is -0.282 e. The van der Waals surface area contributed by atoms with Gasteiger partial charge in [0.1, 0.15) is 0 Å². The second-order valence-corrected chi connectivity index (χ2v) is 3.76. The first-order valence-electron chi connectivity index (χ1n) is 4.68. The van der Waals surface area contributed by atoms with Gasteiger partial charge >= 0.3 is 0 Å². The third-order valence-electron chi connectivity index (χ3n) is 2.05. The third kappa shape index (κ3) is 2.50. The second kappa shape index (κ2) is 4.67. The van der Waals surface area contributed by atoms with E-state index in [2.05, 4.69) is 34.1 Å². The fraction of sp³-hybridized carbons (Fsp3) is 0.667. The number of aryl methyl sites for hydroxylation is 1. The topological polar surface area (TPSA) is 77.4 Å². The van der Waals surface area contributed by atoms with Crippen LogP contribution in [0.4, 0.5) is 0 Å². The summed E-state index contributed by atoms with van der Waals surface area (Å²) >= 11 is 0. The number of aromatic nitrogens is 2. The zero-order valence-corrected chi connectivity index (χ0v) is 8.78. The molecule has 76 valence electrons.